The quantitative estimate of drug-likeness (QED) is 0.581. The molecule has 0 spiro atoms. The Morgan fingerprint density at radius 2 is 1.79 bits per heavy atom. The predicted octanol–water partition coefficient (Wildman–Crippen LogP) is 3.80. The van der Waals surface area contributed by atoms with Gasteiger partial charge in [-0.1, -0.05) is 18.2 Å². The van der Waals surface area contributed by atoms with E-state index in [0.29, 0.717) is 42.7 Å². The molecule has 1 aliphatic rings. The van der Waals surface area contributed by atoms with Crippen molar-refractivity contribution in [3.8, 4) is 0 Å². The van der Waals surface area contributed by atoms with Crippen LogP contribution in [-0.2, 0) is 11.3 Å². The van der Waals surface area contributed by atoms with Crippen LogP contribution in [0.3, 0.4) is 0 Å². The van der Waals surface area contributed by atoms with Crippen LogP contribution in [0.5, 0.6) is 0 Å². The molecule has 1 saturated heterocycles. The Labute approximate surface area is 197 Å². The average Bonchev–Trinajstić information content (AvgIpc) is 3.43. The molecule has 0 saturated carbocycles. The van der Waals surface area contributed by atoms with E-state index >= 15 is 0 Å². The van der Waals surface area contributed by atoms with E-state index in [-0.39, 0.29) is 23.6 Å². The van der Waals surface area contributed by atoms with Gasteiger partial charge in [-0.25, -0.2) is 0 Å². The number of hydrogen-bond acceptors (Lipinski definition) is 4. The Kier molecular flexibility index (Phi) is 6.65. The number of amides is 3. The van der Waals surface area contributed by atoms with Gasteiger partial charge in [0.1, 0.15) is 0 Å². The number of likely N-dealkylation sites (tertiary alicyclic amines) is 1. The first kappa shape index (κ1) is 22.8. The van der Waals surface area contributed by atoms with E-state index in [1.807, 2.05) is 31.4 Å². The number of piperidine rings is 1. The van der Waals surface area contributed by atoms with E-state index in [0.717, 1.165) is 17.9 Å². The van der Waals surface area contributed by atoms with Crippen molar-refractivity contribution in [2.24, 2.45) is 11.7 Å². The van der Waals surface area contributed by atoms with Gasteiger partial charge in [0.25, 0.3) is 11.8 Å². The van der Waals surface area contributed by atoms with Crippen molar-refractivity contribution in [3.05, 3.63) is 75.2 Å². The lowest BCUT2D eigenvalue weighted by molar-refractivity contribution is -0.123. The lowest BCUT2D eigenvalue weighted by atomic mass is 9.95. The maximum Gasteiger partial charge on any atom is 0.257 e. The molecule has 3 N–H and O–H groups in total. The maximum atomic E-state index is 13.2. The van der Waals surface area contributed by atoms with E-state index in [4.69, 9.17) is 5.73 Å². The molecule has 7 nitrogen and oxygen atoms in total. The van der Waals surface area contributed by atoms with Crippen LogP contribution in [0.4, 0.5) is 5.69 Å². The smallest absolute Gasteiger partial charge is 0.257 e. The van der Waals surface area contributed by atoms with Gasteiger partial charge in [-0.05, 0) is 56.3 Å². The van der Waals surface area contributed by atoms with Gasteiger partial charge in [-0.3, -0.25) is 14.4 Å². The minimum Gasteiger partial charge on any atom is -0.369 e. The molecule has 1 aromatic carbocycles. The Morgan fingerprint density at radius 3 is 2.45 bits per heavy atom. The Balaban J connectivity index is 1.51. The Hall–Kier alpha value is -3.39. The molecule has 1 fully saturated rings. The number of benzene rings is 1. The third-order valence-corrected chi connectivity index (χ3v) is 7.16. The van der Waals surface area contributed by atoms with E-state index in [2.05, 4.69) is 16.0 Å². The summed E-state index contributed by atoms with van der Waals surface area (Å²) in [5.74, 6) is -0.898. The van der Waals surface area contributed by atoms with Crippen molar-refractivity contribution in [3.63, 3.8) is 0 Å². The fraction of sp³-hybridized carbons (Fsp3) is 0.320. The van der Waals surface area contributed by atoms with Gasteiger partial charge in [-0.2, -0.15) is 0 Å². The van der Waals surface area contributed by atoms with Crippen molar-refractivity contribution in [2.75, 3.05) is 18.4 Å². The standard InChI is InChI=1S/C25H28N4O3S/c1-16-14-21(17(2)29(16)15-19-6-5-13-33-19)24(31)27-22-8-4-3-7-20(22)25(32)28-11-9-18(10-12-28)23(26)30/h3-8,13-14,18H,9-12,15H2,1-2H3,(H2,26,30)(H,27,31). The summed E-state index contributed by atoms with van der Waals surface area (Å²) < 4.78 is 2.13. The lowest BCUT2D eigenvalue weighted by Gasteiger charge is -2.31. The van der Waals surface area contributed by atoms with Crippen LogP contribution in [0.25, 0.3) is 0 Å². The zero-order valence-corrected chi connectivity index (χ0v) is 19.7. The first-order chi connectivity index (χ1) is 15.8. The number of hydrogen-bond donors (Lipinski definition) is 2. The molecule has 0 atom stereocenters. The minimum absolute atomic E-state index is 0.156. The number of para-hydroxylation sites is 1. The van der Waals surface area contributed by atoms with E-state index in [9.17, 15) is 14.4 Å². The molecule has 0 radical (unpaired) electrons. The predicted molar refractivity (Wildman–Crippen MR) is 130 cm³/mol. The molecule has 172 valence electrons. The topological polar surface area (TPSA) is 97.4 Å². The highest BCUT2D eigenvalue weighted by Gasteiger charge is 2.28. The first-order valence-corrected chi connectivity index (χ1v) is 11.9. The maximum absolute atomic E-state index is 13.2. The van der Waals surface area contributed by atoms with Crippen LogP contribution in [0.1, 0.15) is 49.8 Å². The summed E-state index contributed by atoms with van der Waals surface area (Å²) >= 11 is 1.69. The van der Waals surface area contributed by atoms with Crippen LogP contribution in [0.2, 0.25) is 0 Å². The number of anilines is 1. The SMILES string of the molecule is Cc1cc(C(=O)Nc2ccccc2C(=O)N2CCC(C(N)=O)CC2)c(C)n1Cc1cccs1. The van der Waals surface area contributed by atoms with Crippen molar-refractivity contribution in [2.45, 2.75) is 33.2 Å². The molecule has 33 heavy (non-hydrogen) atoms. The second-order valence-corrected chi connectivity index (χ2v) is 9.45. The highest BCUT2D eigenvalue weighted by atomic mass is 32.1. The molecule has 4 rings (SSSR count). The number of thiophene rings is 1. The summed E-state index contributed by atoms with van der Waals surface area (Å²) in [5.41, 5.74) is 8.81. The molecule has 3 heterocycles. The zero-order valence-electron chi connectivity index (χ0n) is 18.8. The summed E-state index contributed by atoms with van der Waals surface area (Å²) in [6, 6.07) is 13.0. The van der Waals surface area contributed by atoms with E-state index in [1.54, 1.807) is 40.5 Å². The summed E-state index contributed by atoms with van der Waals surface area (Å²) in [7, 11) is 0. The van der Waals surface area contributed by atoms with Crippen molar-refractivity contribution >= 4 is 34.7 Å². The molecule has 1 aliphatic heterocycles. The van der Waals surface area contributed by atoms with E-state index in [1.165, 1.54) is 4.88 Å². The van der Waals surface area contributed by atoms with Gasteiger partial charge in [-0.15, -0.1) is 11.3 Å². The number of nitrogens with zero attached hydrogens (tertiary/aromatic N) is 2. The molecule has 0 unspecified atom stereocenters. The van der Waals surface area contributed by atoms with Crippen LogP contribution < -0.4 is 11.1 Å². The molecular formula is C25H28N4O3S. The van der Waals surface area contributed by atoms with Gasteiger partial charge in [0.15, 0.2) is 0 Å². The van der Waals surface area contributed by atoms with Gasteiger partial charge < -0.3 is 20.5 Å². The average molecular weight is 465 g/mol. The Morgan fingerprint density at radius 1 is 1.06 bits per heavy atom. The largest absolute Gasteiger partial charge is 0.369 e. The number of primary amides is 1. The van der Waals surface area contributed by atoms with Gasteiger partial charge in [0.05, 0.1) is 23.4 Å². The molecule has 2 aromatic heterocycles. The number of aromatic nitrogens is 1. The monoisotopic (exact) mass is 464 g/mol. The highest BCUT2D eigenvalue weighted by Crippen LogP contribution is 2.24. The molecule has 0 bridgehead atoms. The normalized spacial score (nSPS) is 14.3. The minimum atomic E-state index is -0.313. The van der Waals surface area contributed by atoms with Crippen LogP contribution in [-0.4, -0.2) is 40.3 Å². The number of carbonyl (C=O) groups is 3. The molecule has 8 heteroatoms. The number of rotatable bonds is 6. The third kappa shape index (κ3) is 4.85. The van der Waals surface area contributed by atoms with Crippen molar-refractivity contribution in [1.82, 2.24) is 9.47 Å². The number of carbonyl (C=O) groups excluding carboxylic acids is 3. The van der Waals surface area contributed by atoms with Crippen LogP contribution in [0.15, 0.2) is 47.8 Å². The summed E-state index contributed by atoms with van der Waals surface area (Å²) in [6.45, 7) is 5.59. The fourth-order valence-corrected chi connectivity index (χ4v) is 5.03. The fourth-order valence-electron chi connectivity index (χ4n) is 4.34. The van der Waals surface area contributed by atoms with Gasteiger partial charge >= 0.3 is 0 Å². The molecule has 3 amide bonds. The van der Waals surface area contributed by atoms with Gasteiger partial charge in [0.2, 0.25) is 5.91 Å². The zero-order chi connectivity index (χ0) is 23.5. The highest BCUT2D eigenvalue weighted by molar-refractivity contribution is 7.09. The Bertz CT molecular complexity index is 1170. The third-order valence-electron chi connectivity index (χ3n) is 6.30. The molecule has 3 aromatic rings. The van der Waals surface area contributed by atoms with E-state index < -0.39 is 0 Å². The first-order valence-electron chi connectivity index (χ1n) is 11.0. The summed E-state index contributed by atoms with van der Waals surface area (Å²) in [5, 5.41) is 4.99. The summed E-state index contributed by atoms with van der Waals surface area (Å²) in [4.78, 5) is 40.7. The number of nitrogens with two attached hydrogens (primary N) is 1. The molecule has 0 aliphatic carbocycles. The number of aryl methyl sites for hydroxylation is 1. The van der Waals surface area contributed by atoms with Crippen molar-refractivity contribution in [1.29, 1.82) is 0 Å². The van der Waals surface area contributed by atoms with Crippen LogP contribution in [0, 0.1) is 19.8 Å². The van der Waals surface area contributed by atoms with Crippen molar-refractivity contribution < 1.29 is 14.4 Å². The van der Waals surface area contributed by atoms with Crippen LogP contribution >= 0.6 is 11.3 Å². The van der Waals surface area contributed by atoms with Gasteiger partial charge in [0, 0.05) is 35.3 Å². The lowest BCUT2D eigenvalue weighted by Crippen LogP contribution is -2.42. The second kappa shape index (κ2) is 9.62. The summed E-state index contributed by atoms with van der Waals surface area (Å²) in [6.07, 6.45) is 1.12. The second-order valence-electron chi connectivity index (χ2n) is 8.42. The molecular weight excluding hydrogens is 436 g/mol. The number of nitrogens with one attached hydrogen (secondary N) is 1.